The molecular formula is C14H19F2NO. The third kappa shape index (κ3) is 2.70. The Balaban J connectivity index is 2.08. The number of hydrogen-bond donors (Lipinski definition) is 1. The zero-order chi connectivity index (χ0) is 13.3. The van der Waals surface area contributed by atoms with Crippen molar-refractivity contribution in [3.05, 3.63) is 35.4 Å². The van der Waals surface area contributed by atoms with E-state index in [2.05, 4.69) is 18.7 Å². The molecule has 3 unspecified atom stereocenters. The molecule has 0 aliphatic carbocycles. The van der Waals surface area contributed by atoms with Crippen molar-refractivity contribution < 1.29 is 13.9 Å². The topological polar surface area (TPSA) is 23.5 Å². The van der Waals surface area contributed by atoms with Gasteiger partial charge in [0, 0.05) is 18.2 Å². The molecule has 0 aromatic heterocycles. The third-order valence-corrected chi connectivity index (χ3v) is 4.00. The van der Waals surface area contributed by atoms with Gasteiger partial charge in [0.05, 0.1) is 6.10 Å². The predicted octanol–water partition coefficient (Wildman–Crippen LogP) is 2.73. The summed E-state index contributed by atoms with van der Waals surface area (Å²) in [4.78, 5) is 2.12. The fourth-order valence-electron chi connectivity index (χ4n) is 2.52. The predicted molar refractivity (Wildman–Crippen MR) is 66.1 cm³/mol. The number of aliphatic hydroxyl groups excluding tert-OH is 1. The Bertz CT molecular complexity index is 424. The molecule has 1 heterocycles. The highest BCUT2D eigenvalue weighted by molar-refractivity contribution is 5.21. The van der Waals surface area contributed by atoms with E-state index in [1.54, 1.807) is 0 Å². The second kappa shape index (κ2) is 5.33. The van der Waals surface area contributed by atoms with Crippen LogP contribution in [0.15, 0.2) is 18.2 Å². The van der Waals surface area contributed by atoms with E-state index in [0.717, 1.165) is 31.2 Å². The largest absolute Gasteiger partial charge is 0.387 e. The molecular weight excluding hydrogens is 236 g/mol. The molecule has 1 aliphatic rings. The van der Waals surface area contributed by atoms with Crippen LogP contribution in [0.5, 0.6) is 0 Å². The molecule has 2 nitrogen and oxygen atoms in total. The molecule has 4 heteroatoms. The highest BCUT2D eigenvalue weighted by Gasteiger charge is 2.29. The summed E-state index contributed by atoms with van der Waals surface area (Å²) in [7, 11) is 0. The summed E-state index contributed by atoms with van der Waals surface area (Å²) in [6.07, 6.45) is 0.105. The lowest BCUT2D eigenvalue weighted by Crippen LogP contribution is -2.33. The maximum atomic E-state index is 13.5. The smallest absolute Gasteiger partial charge is 0.129 e. The van der Waals surface area contributed by atoms with Gasteiger partial charge >= 0.3 is 0 Å². The summed E-state index contributed by atoms with van der Waals surface area (Å²) in [6, 6.07) is 3.57. The van der Waals surface area contributed by atoms with Crippen molar-refractivity contribution in [3.63, 3.8) is 0 Å². The fraction of sp³-hybridized carbons (Fsp3) is 0.571. The second-order valence-electron chi connectivity index (χ2n) is 5.18. The van der Waals surface area contributed by atoms with Gasteiger partial charge in [-0.3, -0.25) is 4.90 Å². The lowest BCUT2D eigenvalue weighted by molar-refractivity contribution is 0.102. The van der Waals surface area contributed by atoms with E-state index in [9.17, 15) is 13.9 Å². The number of hydrogen-bond acceptors (Lipinski definition) is 2. The van der Waals surface area contributed by atoms with E-state index in [1.807, 2.05) is 0 Å². The molecule has 3 atom stereocenters. The fourth-order valence-corrected chi connectivity index (χ4v) is 2.52. The average Bonchev–Trinajstić information content (AvgIpc) is 2.64. The zero-order valence-electron chi connectivity index (χ0n) is 10.7. The first-order valence-electron chi connectivity index (χ1n) is 6.36. The zero-order valence-corrected chi connectivity index (χ0v) is 10.7. The number of nitrogens with zero attached hydrogens (tertiary/aromatic N) is 1. The first kappa shape index (κ1) is 13.4. The van der Waals surface area contributed by atoms with Crippen molar-refractivity contribution >= 4 is 0 Å². The van der Waals surface area contributed by atoms with Gasteiger partial charge in [-0.05, 0) is 44.0 Å². The molecule has 0 saturated carbocycles. The normalized spacial score (nSPS) is 26.5. The summed E-state index contributed by atoms with van der Waals surface area (Å²) in [5.41, 5.74) is 0.0433. The van der Waals surface area contributed by atoms with Crippen molar-refractivity contribution in [3.8, 4) is 0 Å². The second-order valence-corrected chi connectivity index (χ2v) is 5.18. The van der Waals surface area contributed by atoms with Crippen LogP contribution in [0.3, 0.4) is 0 Å². The lowest BCUT2D eigenvalue weighted by atomic mass is 10.0. The summed E-state index contributed by atoms with van der Waals surface area (Å²) >= 11 is 0. The Morgan fingerprint density at radius 2 is 2.11 bits per heavy atom. The van der Waals surface area contributed by atoms with Crippen LogP contribution in [0.25, 0.3) is 0 Å². The minimum atomic E-state index is -0.978. The minimum absolute atomic E-state index is 0.0433. The molecule has 1 N–H and O–H groups in total. The van der Waals surface area contributed by atoms with Crippen molar-refractivity contribution in [2.24, 2.45) is 5.92 Å². The van der Waals surface area contributed by atoms with Crippen LogP contribution in [-0.2, 0) is 0 Å². The van der Waals surface area contributed by atoms with Crippen molar-refractivity contribution in [1.82, 2.24) is 4.90 Å². The maximum Gasteiger partial charge on any atom is 0.129 e. The van der Waals surface area contributed by atoms with Crippen molar-refractivity contribution in [2.45, 2.75) is 32.4 Å². The highest BCUT2D eigenvalue weighted by Crippen LogP contribution is 2.27. The van der Waals surface area contributed by atoms with E-state index in [4.69, 9.17) is 0 Å². The Hall–Kier alpha value is -1.00. The van der Waals surface area contributed by atoms with Gasteiger partial charge in [-0.2, -0.15) is 0 Å². The van der Waals surface area contributed by atoms with Gasteiger partial charge in [-0.25, -0.2) is 8.78 Å². The van der Waals surface area contributed by atoms with Crippen molar-refractivity contribution in [2.75, 3.05) is 13.1 Å². The molecule has 18 heavy (non-hydrogen) atoms. The molecule has 0 radical (unpaired) electrons. The molecule has 0 spiro atoms. The van der Waals surface area contributed by atoms with Crippen LogP contribution < -0.4 is 0 Å². The summed E-state index contributed by atoms with van der Waals surface area (Å²) in [5.74, 6) is -0.494. The highest BCUT2D eigenvalue weighted by atomic mass is 19.1. The van der Waals surface area contributed by atoms with Crippen LogP contribution in [-0.4, -0.2) is 29.1 Å². The summed E-state index contributed by atoms with van der Waals surface area (Å²) < 4.78 is 26.6. The Labute approximate surface area is 106 Å². The summed E-state index contributed by atoms with van der Waals surface area (Å²) in [5, 5.41) is 10.0. The monoisotopic (exact) mass is 255 g/mol. The SMILES string of the molecule is CC1CCN(CC(O)c2cc(F)ccc2F)C1C. The van der Waals surface area contributed by atoms with Gasteiger partial charge in [0.15, 0.2) is 0 Å². The molecule has 1 aliphatic heterocycles. The molecule has 0 bridgehead atoms. The Kier molecular flexibility index (Phi) is 3.97. The van der Waals surface area contributed by atoms with Gasteiger partial charge in [-0.1, -0.05) is 6.92 Å². The van der Waals surface area contributed by atoms with Crippen molar-refractivity contribution in [1.29, 1.82) is 0 Å². The number of benzene rings is 1. The first-order valence-corrected chi connectivity index (χ1v) is 6.36. The average molecular weight is 255 g/mol. The van der Waals surface area contributed by atoms with Crippen LogP contribution in [0, 0.1) is 17.6 Å². The molecule has 1 aromatic rings. The number of β-amino-alcohol motifs (C(OH)–C–C–N with tert-alkyl or cyclic N) is 1. The molecule has 2 rings (SSSR count). The van der Waals surface area contributed by atoms with E-state index in [-0.39, 0.29) is 5.56 Å². The molecule has 1 saturated heterocycles. The Morgan fingerprint density at radius 3 is 2.72 bits per heavy atom. The quantitative estimate of drug-likeness (QED) is 0.897. The van der Waals surface area contributed by atoms with E-state index >= 15 is 0 Å². The van der Waals surface area contributed by atoms with Gasteiger partial charge in [-0.15, -0.1) is 0 Å². The van der Waals surface area contributed by atoms with E-state index in [0.29, 0.717) is 18.5 Å². The van der Waals surface area contributed by atoms with Crippen LogP contribution in [0.2, 0.25) is 0 Å². The third-order valence-electron chi connectivity index (χ3n) is 4.00. The Morgan fingerprint density at radius 1 is 1.39 bits per heavy atom. The van der Waals surface area contributed by atoms with Gasteiger partial charge in [0.25, 0.3) is 0 Å². The summed E-state index contributed by atoms with van der Waals surface area (Å²) in [6.45, 7) is 5.52. The van der Waals surface area contributed by atoms with Crippen LogP contribution >= 0.6 is 0 Å². The van der Waals surface area contributed by atoms with Gasteiger partial charge in [0.2, 0.25) is 0 Å². The number of halogens is 2. The minimum Gasteiger partial charge on any atom is -0.387 e. The molecule has 0 amide bonds. The standard InChI is InChI=1S/C14H19F2NO/c1-9-5-6-17(10(9)2)8-14(18)12-7-11(15)3-4-13(12)16/h3-4,7,9-10,14,18H,5-6,8H2,1-2H3. The molecule has 100 valence electrons. The van der Waals surface area contributed by atoms with Crippen LogP contribution in [0.1, 0.15) is 31.9 Å². The number of aliphatic hydroxyl groups is 1. The number of rotatable bonds is 3. The maximum absolute atomic E-state index is 13.5. The lowest BCUT2D eigenvalue weighted by Gasteiger charge is -2.26. The van der Waals surface area contributed by atoms with E-state index < -0.39 is 17.7 Å². The first-order chi connectivity index (χ1) is 8.49. The van der Waals surface area contributed by atoms with Crippen LogP contribution in [0.4, 0.5) is 8.78 Å². The number of likely N-dealkylation sites (tertiary alicyclic amines) is 1. The van der Waals surface area contributed by atoms with Gasteiger partial charge < -0.3 is 5.11 Å². The molecule has 1 fully saturated rings. The van der Waals surface area contributed by atoms with Gasteiger partial charge in [0.1, 0.15) is 11.6 Å². The van der Waals surface area contributed by atoms with E-state index in [1.165, 1.54) is 0 Å². The molecule has 1 aromatic carbocycles.